The summed E-state index contributed by atoms with van der Waals surface area (Å²) >= 11 is -0.609. The number of hydrogen-bond acceptors (Lipinski definition) is 0. The Kier molecular flexibility index (Phi) is 6.49. The number of rotatable bonds is 3. The van der Waals surface area contributed by atoms with Crippen LogP contribution in [0, 0.1) is 0 Å². The van der Waals surface area contributed by atoms with Crippen molar-refractivity contribution in [1.29, 1.82) is 0 Å². The minimum absolute atomic E-state index is 0. The zero-order valence-corrected chi connectivity index (χ0v) is 17.0. The number of hydrogen-bond donors (Lipinski definition) is 0. The molecule has 0 aromatic heterocycles. The molecule has 0 radical (unpaired) electrons. The minimum atomic E-state index is -0.609. The Morgan fingerprint density at radius 1 is 0.913 bits per heavy atom. The Hall–Kier alpha value is -0.617. The van der Waals surface area contributed by atoms with Gasteiger partial charge in [-0.05, 0) is 0 Å². The van der Waals surface area contributed by atoms with Crippen LogP contribution in [0.25, 0.3) is 11.1 Å². The Morgan fingerprint density at radius 3 is 2.00 bits per heavy atom. The number of halogens is 2. The van der Waals surface area contributed by atoms with Gasteiger partial charge in [0.1, 0.15) is 0 Å². The van der Waals surface area contributed by atoms with Crippen LogP contribution in [-0.4, -0.2) is 0 Å². The van der Waals surface area contributed by atoms with Gasteiger partial charge in [-0.3, -0.25) is 0 Å². The molecule has 4 rings (SSSR count). The van der Waals surface area contributed by atoms with Crippen LogP contribution < -0.4 is 24.8 Å². The first-order valence-electron chi connectivity index (χ1n) is 7.71. The van der Waals surface area contributed by atoms with Gasteiger partial charge >= 0.3 is 138 Å². The van der Waals surface area contributed by atoms with Gasteiger partial charge in [0.15, 0.2) is 0 Å². The number of allylic oxidation sites excluding steroid dienone is 4. The second-order valence-electron chi connectivity index (χ2n) is 5.76. The molecular weight excluding hydrogens is 402 g/mol. The summed E-state index contributed by atoms with van der Waals surface area (Å²) in [6.07, 6.45) is 7.33. The van der Waals surface area contributed by atoms with E-state index in [1.165, 1.54) is 24.0 Å². The van der Waals surface area contributed by atoms with E-state index in [1.807, 2.05) is 0 Å². The first-order valence-corrected chi connectivity index (χ1v) is 10.4. The van der Waals surface area contributed by atoms with E-state index in [4.69, 9.17) is 0 Å². The average Bonchev–Trinajstić information content (AvgIpc) is 3.12. The van der Waals surface area contributed by atoms with Crippen LogP contribution in [0.5, 0.6) is 0 Å². The normalized spacial score (nSPS) is 14.7. The van der Waals surface area contributed by atoms with Gasteiger partial charge in [-0.25, -0.2) is 0 Å². The molecule has 2 aliphatic carbocycles. The largest absolute Gasteiger partial charge is 1.00 e. The molecule has 116 valence electrons. The molecule has 0 spiro atoms. The van der Waals surface area contributed by atoms with Crippen LogP contribution >= 0.6 is 0 Å². The van der Waals surface area contributed by atoms with E-state index in [1.54, 1.807) is 20.0 Å². The molecule has 0 aliphatic heterocycles. The van der Waals surface area contributed by atoms with E-state index in [0.717, 1.165) is 0 Å². The second-order valence-corrected chi connectivity index (χ2v) is 9.47. The van der Waals surface area contributed by atoms with Crippen molar-refractivity contribution in [3.8, 4) is 11.1 Å². The Labute approximate surface area is 162 Å². The molecule has 0 N–H and O–H groups in total. The maximum atomic E-state index is 2.50. The van der Waals surface area contributed by atoms with Crippen LogP contribution in [0.3, 0.4) is 0 Å². The second kappa shape index (κ2) is 7.97. The van der Waals surface area contributed by atoms with E-state index in [2.05, 4.69) is 67.6 Å². The summed E-state index contributed by atoms with van der Waals surface area (Å²) in [5, 5.41) is 0. The fraction of sp³-hybridized carbons (Fsp3) is 0.200. The molecule has 2 aromatic rings. The predicted molar refractivity (Wildman–Crippen MR) is 84.8 cm³/mol. The molecule has 0 saturated heterocycles. The first-order chi connectivity index (χ1) is 10.4. The fourth-order valence-corrected chi connectivity index (χ4v) is 7.54. The molecule has 23 heavy (non-hydrogen) atoms. The summed E-state index contributed by atoms with van der Waals surface area (Å²) in [6, 6.07) is 18.1. The summed E-state index contributed by atoms with van der Waals surface area (Å²) in [5.74, 6) is 0. The molecule has 3 heteroatoms. The van der Waals surface area contributed by atoms with E-state index >= 15 is 0 Å². The van der Waals surface area contributed by atoms with Gasteiger partial charge in [0.2, 0.25) is 0 Å². The molecule has 0 nitrogen and oxygen atoms in total. The molecule has 2 aliphatic rings. The zero-order chi connectivity index (χ0) is 14.2. The predicted octanol–water partition coefficient (Wildman–Crippen LogP) is -0.529. The molecule has 2 aromatic carbocycles. The summed E-state index contributed by atoms with van der Waals surface area (Å²) in [7, 11) is 0. The standard InChI is InChI=1S/C13H9.C7H9.2ClH.Zr/c1-3-7-12-10(5-1)9-11-6-2-4-8-13(11)12;1-2-7-5-3-4-6-7;;;/h1-9H;5-6H,2-3H2,1H3;2*1H;/q;;;;+2/p-2. The first kappa shape index (κ1) is 18.7. The van der Waals surface area contributed by atoms with Gasteiger partial charge in [0.25, 0.3) is 0 Å². The summed E-state index contributed by atoms with van der Waals surface area (Å²) in [6.45, 7) is 2.26. The Balaban J connectivity index is 0.000000960. The van der Waals surface area contributed by atoms with E-state index in [0.29, 0.717) is 3.63 Å². The van der Waals surface area contributed by atoms with Crippen molar-refractivity contribution in [2.24, 2.45) is 0 Å². The monoisotopic (exact) mass is 418 g/mol. The fourth-order valence-electron chi connectivity index (χ4n) is 3.43. The summed E-state index contributed by atoms with van der Waals surface area (Å²) in [5.41, 5.74) is 7.65. The third kappa shape index (κ3) is 3.43. The smallest absolute Gasteiger partial charge is 1.00 e. The molecular formula is C20H18Cl2Zr. The van der Waals surface area contributed by atoms with Gasteiger partial charge in [-0.2, -0.15) is 0 Å². The maximum absolute atomic E-state index is 2.50. The summed E-state index contributed by atoms with van der Waals surface area (Å²) in [4.78, 5) is 0. The van der Waals surface area contributed by atoms with Crippen LogP contribution in [0.1, 0.15) is 34.5 Å². The quantitative estimate of drug-likeness (QED) is 0.627. The van der Waals surface area contributed by atoms with Crippen molar-refractivity contribution in [2.45, 2.75) is 23.4 Å². The van der Waals surface area contributed by atoms with Gasteiger partial charge < -0.3 is 24.8 Å². The van der Waals surface area contributed by atoms with E-state index < -0.39 is 23.2 Å². The van der Waals surface area contributed by atoms with Gasteiger partial charge in [0.05, 0.1) is 0 Å². The van der Waals surface area contributed by atoms with Crippen LogP contribution in [0.2, 0.25) is 0 Å². The third-order valence-electron chi connectivity index (χ3n) is 4.52. The van der Waals surface area contributed by atoms with E-state index in [-0.39, 0.29) is 24.8 Å². The molecule has 0 unspecified atom stereocenters. The SMILES string of the molecule is CCC1=CC[C]([Zr+2][CH]2c3ccccc3-c3ccccc32)=C1.[Cl-].[Cl-]. The Morgan fingerprint density at radius 2 is 1.48 bits per heavy atom. The van der Waals surface area contributed by atoms with Crippen molar-refractivity contribution in [3.63, 3.8) is 0 Å². The molecule has 0 fully saturated rings. The van der Waals surface area contributed by atoms with Crippen molar-refractivity contribution in [1.82, 2.24) is 0 Å². The zero-order valence-electron chi connectivity index (χ0n) is 13.0. The molecule has 0 amide bonds. The molecule has 0 atom stereocenters. The summed E-state index contributed by atoms with van der Waals surface area (Å²) < 4.78 is 2.46. The van der Waals surface area contributed by atoms with Gasteiger partial charge in [-0.1, -0.05) is 0 Å². The third-order valence-corrected chi connectivity index (χ3v) is 8.52. The minimum Gasteiger partial charge on any atom is -1.00 e. The average molecular weight is 420 g/mol. The molecule has 0 heterocycles. The van der Waals surface area contributed by atoms with Gasteiger partial charge in [0, 0.05) is 0 Å². The van der Waals surface area contributed by atoms with Gasteiger partial charge in [-0.15, -0.1) is 0 Å². The van der Waals surface area contributed by atoms with Crippen LogP contribution in [0.4, 0.5) is 0 Å². The van der Waals surface area contributed by atoms with Crippen molar-refractivity contribution in [3.05, 3.63) is 80.7 Å². The number of fused-ring (bicyclic) bond motifs is 3. The van der Waals surface area contributed by atoms with Crippen LogP contribution in [-0.2, 0) is 23.2 Å². The van der Waals surface area contributed by atoms with Crippen molar-refractivity contribution >= 4 is 0 Å². The molecule has 0 saturated carbocycles. The Bertz CT molecular complexity index is 716. The van der Waals surface area contributed by atoms with Crippen LogP contribution in [0.15, 0.2) is 69.5 Å². The molecule has 0 bridgehead atoms. The van der Waals surface area contributed by atoms with Crippen molar-refractivity contribution in [2.75, 3.05) is 0 Å². The topological polar surface area (TPSA) is 0 Å². The van der Waals surface area contributed by atoms with Crippen molar-refractivity contribution < 1.29 is 48.0 Å². The maximum Gasteiger partial charge on any atom is -1.00 e. The van der Waals surface area contributed by atoms with E-state index in [9.17, 15) is 0 Å². The number of benzene rings is 2.